The molecule has 1 saturated carbocycles. The Kier molecular flexibility index (Phi) is 7.78. The third kappa shape index (κ3) is 5.69. The van der Waals surface area contributed by atoms with Gasteiger partial charge in [0.2, 0.25) is 0 Å². The summed E-state index contributed by atoms with van der Waals surface area (Å²) >= 11 is 6.02. The van der Waals surface area contributed by atoms with E-state index in [1.165, 1.54) is 19.3 Å². The van der Waals surface area contributed by atoms with Crippen molar-refractivity contribution in [3.8, 4) is 6.57 Å². The minimum Gasteiger partial charge on any atom is -0.387 e. The van der Waals surface area contributed by atoms with Crippen LogP contribution in [0.3, 0.4) is 0 Å². The van der Waals surface area contributed by atoms with Gasteiger partial charge in [0.05, 0.1) is 23.0 Å². The van der Waals surface area contributed by atoms with E-state index in [9.17, 15) is 4.79 Å². The van der Waals surface area contributed by atoms with E-state index >= 15 is 0 Å². The number of carbonyl (C=O) groups excluding carboxylic acids is 1. The van der Waals surface area contributed by atoms with Crippen molar-refractivity contribution in [3.05, 3.63) is 47.3 Å². The van der Waals surface area contributed by atoms with Crippen LogP contribution in [0.4, 0.5) is 5.69 Å². The molecule has 0 spiro atoms. The maximum Gasteiger partial charge on any atom is 0.253 e. The summed E-state index contributed by atoms with van der Waals surface area (Å²) in [6.45, 7) is 3.50. The summed E-state index contributed by atoms with van der Waals surface area (Å²) in [7, 11) is 0. The molecular formula is C20H23ClN6O. The molecule has 1 aliphatic carbocycles. The summed E-state index contributed by atoms with van der Waals surface area (Å²) in [4.78, 5) is 20.4. The van der Waals surface area contributed by atoms with Gasteiger partial charge in [0.15, 0.2) is 0 Å². The minimum absolute atomic E-state index is 0.0592. The molecule has 0 aliphatic heterocycles. The molecule has 1 heterocycles. The van der Waals surface area contributed by atoms with Crippen molar-refractivity contribution in [1.82, 2.24) is 10.3 Å². The molecule has 1 amide bonds. The number of nitrogens with zero attached hydrogens (tertiary/aromatic N) is 3. The number of nitrogens with two attached hydrogens (primary N) is 2. The van der Waals surface area contributed by atoms with Gasteiger partial charge in [-0.2, -0.15) is 0 Å². The number of hydrogen-bond donors (Lipinski definition) is 3. The van der Waals surface area contributed by atoms with Gasteiger partial charge in [-0.15, -0.1) is 0 Å². The number of benzene rings is 1. The molecule has 8 heteroatoms. The molecule has 2 aromatic rings. The Morgan fingerprint density at radius 2 is 1.96 bits per heavy atom. The average molecular weight is 399 g/mol. The number of amides is 1. The topological polar surface area (TPSA) is 130 Å². The molecule has 1 aromatic carbocycles. The van der Waals surface area contributed by atoms with E-state index < -0.39 is 5.91 Å². The van der Waals surface area contributed by atoms with Crippen molar-refractivity contribution in [1.29, 1.82) is 5.26 Å². The lowest BCUT2D eigenvalue weighted by Gasteiger charge is -2.22. The Labute approximate surface area is 169 Å². The summed E-state index contributed by atoms with van der Waals surface area (Å²) < 4.78 is 0. The van der Waals surface area contributed by atoms with Gasteiger partial charge in [0.1, 0.15) is 5.84 Å². The highest BCUT2D eigenvalue weighted by Crippen LogP contribution is 2.22. The minimum atomic E-state index is -0.619. The van der Waals surface area contributed by atoms with Crippen LogP contribution >= 0.6 is 11.6 Å². The Bertz CT molecular complexity index is 915. The highest BCUT2D eigenvalue weighted by Gasteiger charge is 2.14. The van der Waals surface area contributed by atoms with Gasteiger partial charge in [-0.3, -0.25) is 9.78 Å². The van der Waals surface area contributed by atoms with Crippen LogP contribution in [0.15, 0.2) is 47.2 Å². The summed E-state index contributed by atoms with van der Waals surface area (Å²) in [6.07, 6.45) is 8.97. The van der Waals surface area contributed by atoms with Gasteiger partial charge in [-0.1, -0.05) is 30.9 Å². The molecule has 0 saturated heterocycles. The molecule has 0 atom stereocenters. The lowest BCUT2D eigenvalue weighted by molar-refractivity contribution is -0.114. The SMILES string of the molecule is C#N.NC(=O)/C(=C/NC1CCCCC1)C(N)=Nc1cnc2ccc(Cl)cc2c1. The molecule has 146 valence electrons. The lowest BCUT2D eigenvalue weighted by Crippen LogP contribution is -2.32. The van der Waals surface area contributed by atoms with E-state index in [1.54, 1.807) is 24.5 Å². The molecular weight excluding hydrogens is 376 g/mol. The molecule has 1 aromatic heterocycles. The van der Waals surface area contributed by atoms with Crippen LogP contribution < -0.4 is 16.8 Å². The number of nitrogens with one attached hydrogen (secondary N) is 1. The largest absolute Gasteiger partial charge is 0.387 e. The maximum absolute atomic E-state index is 11.8. The van der Waals surface area contributed by atoms with Crippen molar-refractivity contribution in [2.45, 2.75) is 38.1 Å². The van der Waals surface area contributed by atoms with Gasteiger partial charge < -0.3 is 16.8 Å². The number of primary amides is 1. The highest BCUT2D eigenvalue weighted by molar-refractivity contribution is 6.31. The van der Waals surface area contributed by atoms with E-state index in [4.69, 9.17) is 28.3 Å². The number of pyridine rings is 1. The van der Waals surface area contributed by atoms with Gasteiger partial charge >= 0.3 is 0 Å². The number of aromatic nitrogens is 1. The molecule has 3 rings (SSSR count). The fourth-order valence-corrected chi connectivity index (χ4v) is 3.27. The normalized spacial score (nSPS) is 15.5. The standard InChI is InChI=1S/C19H22ClN5O.CHN/c20-13-6-7-17-12(8-13)9-15(10-24-17)25-18(21)16(19(22)26)11-23-14-4-2-1-3-5-14;1-2/h6-11,14,23H,1-5H2,(H2,21,25)(H2,22,26);1H/b16-11+;. The summed E-state index contributed by atoms with van der Waals surface area (Å²) in [5, 5.41) is 11.2. The number of rotatable bonds is 5. The number of hydrogen-bond acceptors (Lipinski definition) is 5. The van der Waals surface area contributed by atoms with Crippen molar-refractivity contribution >= 4 is 39.9 Å². The summed E-state index contributed by atoms with van der Waals surface area (Å²) in [5.41, 5.74) is 13.0. The number of carbonyl (C=O) groups is 1. The van der Waals surface area contributed by atoms with Gasteiger partial charge in [-0.05, 0) is 37.1 Å². The van der Waals surface area contributed by atoms with Crippen LogP contribution in [0, 0.1) is 11.8 Å². The highest BCUT2D eigenvalue weighted by atomic mass is 35.5. The number of fused-ring (bicyclic) bond motifs is 1. The van der Waals surface area contributed by atoms with Gasteiger partial charge in [0.25, 0.3) is 5.91 Å². The first-order chi connectivity index (χ1) is 13.5. The van der Waals surface area contributed by atoms with E-state index in [2.05, 4.69) is 21.9 Å². The first-order valence-corrected chi connectivity index (χ1v) is 9.32. The lowest BCUT2D eigenvalue weighted by atomic mass is 9.95. The van der Waals surface area contributed by atoms with Gasteiger partial charge in [0, 0.05) is 29.2 Å². The second-order valence-electron chi connectivity index (χ2n) is 6.45. The number of halogens is 1. The predicted molar refractivity (Wildman–Crippen MR) is 112 cm³/mol. The van der Waals surface area contributed by atoms with Crippen molar-refractivity contribution in [3.63, 3.8) is 0 Å². The second kappa shape index (κ2) is 10.3. The van der Waals surface area contributed by atoms with Gasteiger partial charge in [-0.25, -0.2) is 10.3 Å². The van der Waals surface area contributed by atoms with Crippen LogP contribution in [0.25, 0.3) is 10.9 Å². The Morgan fingerprint density at radius 1 is 1.25 bits per heavy atom. The predicted octanol–water partition coefficient (Wildman–Crippen LogP) is 3.31. The molecule has 0 bridgehead atoms. The second-order valence-corrected chi connectivity index (χ2v) is 6.89. The van der Waals surface area contributed by atoms with Crippen LogP contribution in [0.1, 0.15) is 32.1 Å². The molecule has 0 unspecified atom stereocenters. The summed E-state index contributed by atoms with van der Waals surface area (Å²) in [5.74, 6) is -0.560. The first kappa shape index (κ1) is 21.2. The smallest absolute Gasteiger partial charge is 0.253 e. The Morgan fingerprint density at radius 3 is 2.64 bits per heavy atom. The zero-order valence-electron chi connectivity index (χ0n) is 15.4. The third-order valence-corrected chi connectivity index (χ3v) is 4.72. The van der Waals surface area contributed by atoms with Crippen LogP contribution in [0.2, 0.25) is 5.02 Å². The third-order valence-electron chi connectivity index (χ3n) is 4.49. The Hall–Kier alpha value is -3.11. The van der Waals surface area contributed by atoms with Crippen LogP contribution in [0.5, 0.6) is 0 Å². The van der Waals surface area contributed by atoms with E-state index in [-0.39, 0.29) is 11.4 Å². The fraction of sp³-hybridized carbons (Fsp3) is 0.300. The molecule has 5 N–H and O–H groups in total. The van der Waals surface area contributed by atoms with E-state index in [0.717, 1.165) is 23.7 Å². The van der Waals surface area contributed by atoms with E-state index in [0.29, 0.717) is 16.8 Å². The summed E-state index contributed by atoms with van der Waals surface area (Å²) in [6, 6.07) is 7.56. The Balaban J connectivity index is 0.00000136. The fourth-order valence-electron chi connectivity index (χ4n) is 3.09. The number of aliphatic imine (C=N–C) groups is 1. The van der Waals surface area contributed by atoms with Crippen LogP contribution in [-0.4, -0.2) is 22.8 Å². The molecule has 1 fully saturated rings. The quantitative estimate of drug-likeness (QED) is 0.404. The van der Waals surface area contributed by atoms with Crippen molar-refractivity contribution in [2.24, 2.45) is 16.5 Å². The van der Waals surface area contributed by atoms with Crippen molar-refractivity contribution in [2.75, 3.05) is 0 Å². The zero-order valence-corrected chi connectivity index (χ0v) is 16.2. The molecule has 1 aliphatic rings. The number of amidine groups is 1. The first-order valence-electron chi connectivity index (χ1n) is 8.94. The van der Waals surface area contributed by atoms with Crippen molar-refractivity contribution < 1.29 is 4.79 Å². The van der Waals surface area contributed by atoms with E-state index in [1.807, 2.05) is 12.1 Å². The monoisotopic (exact) mass is 398 g/mol. The zero-order chi connectivity index (χ0) is 20.5. The average Bonchev–Trinajstić information content (AvgIpc) is 2.70. The molecule has 28 heavy (non-hydrogen) atoms. The molecule has 0 radical (unpaired) electrons. The number of nitriles is 1. The molecule has 7 nitrogen and oxygen atoms in total. The maximum atomic E-state index is 11.8. The van der Waals surface area contributed by atoms with Crippen LogP contribution in [-0.2, 0) is 4.79 Å².